The summed E-state index contributed by atoms with van der Waals surface area (Å²) in [4.78, 5) is 14.9. The van der Waals surface area contributed by atoms with Gasteiger partial charge in [0.25, 0.3) is 0 Å². The summed E-state index contributed by atoms with van der Waals surface area (Å²) in [5.41, 5.74) is 2.89. The van der Waals surface area contributed by atoms with E-state index in [1.54, 1.807) is 12.3 Å². The number of carboxylic acid groups (broad SMARTS) is 1. The highest BCUT2D eigenvalue weighted by Crippen LogP contribution is 2.20. The molecular formula is C16H18N2O2. The summed E-state index contributed by atoms with van der Waals surface area (Å²) < 4.78 is 0. The van der Waals surface area contributed by atoms with Crippen molar-refractivity contribution in [3.8, 4) is 0 Å². The van der Waals surface area contributed by atoms with Crippen molar-refractivity contribution in [1.29, 1.82) is 0 Å². The Bertz CT molecular complexity index is 579. The minimum atomic E-state index is -0.986. The van der Waals surface area contributed by atoms with Crippen LogP contribution >= 0.6 is 0 Å². The van der Waals surface area contributed by atoms with Gasteiger partial charge in [-0.25, -0.2) is 4.79 Å². The molecule has 4 heteroatoms. The molecule has 104 valence electrons. The number of hydrogen-bond acceptors (Lipinski definition) is 3. The van der Waals surface area contributed by atoms with E-state index in [0.717, 1.165) is 12.1 Å². The van der Waals surface area contributed by atoms with E-state index in [1.807, 2.05) is 12.1 Å². The number of nitrogens with zero attached hydrogens (tertiary/aromatic N) is 1. The highest BCUT2D eigenvalue weighted by molar-refractivity contribution is 5.94. The molecule has 2 N–H and O–H groups in total. The van der Waals surface area contributed by atoms with E-state index in [2.05, 4.69) is 29.4 Å². The average Bonchev–Trinajstić information content (AvgIpc) is 2.47. The van der Waals surface area contributed by atoms with Gasteiger partial charge in [-0.1, -0.05) is 25.5 Å². The van der Waals surface area contributed by atoms with Gasteiger partial charge in [-0.05, 0) is 36.6 Å². The zero-order valence-electron chi connectivity index (χ0n) is 11.5. The van der Waals surface area contributed by atoms with Crippen LogP contribution in [-0.2, 0) is 6.42 Å². The summed E-state index contributed by atoms with van der Waals surface area (Å²) in [7, 11) is 0. The zero-order valence-corrected chi connectivity index (χ0v) is 11.5. The number of aryl methyl sites for hydroxylation is 1. The number of pyridine rings is 1. The van der Waals surface area contributed by atoms with Crippen LogP contribution in [0.15, 0.2) is 42.7 Å². The van der Waals surface area contributed by atoms with Crippen LogP contribution < -0.4 is 5.32 Å². The molecule has 0 unspecified atom stereocenters. The van der Waals surface area contributed by atoms with E-state index in [4.69, 9.17) is 5.11 Å². The van der Waals surface area contributed by atoms with Gasteiger partial charge in [-0.15, -0.1) is 0 Å². The summed E-state index contributed by atoms with van der Waals surface area (Å²) in [6.07, 6.45) is 6.36. The molecule has 4 nitrogen and oxygen atoms in total. The van der Waals surface area contributed by atoms with Crippen LogP contribution in [0.3, 0.4) is 0 Å². The van der Waals surface area contributed by atoms with Crippen molar-refractivity contribution in [1.82, 2.24) is 4.98 Å². The molecule has 1 heterocycles. The lowest BCUT2D eigenvalue weighted by Crippen LogP contribution is -2.03. The van der Waals surface area contributed by atoms with Crippen molar-refractivity contribution < 1.29 is 9.90 Å². The topological polar surface area (TPSA) is 62.2 Å². The van der Waals surface area contributed by atoms with Crippen LogP contribution in [0.25, 0.3) is 0 Å². The summed E-state index contributed by atoms with van der Waals surface area (Å²) in [5.74, 6) is -0.986. The van der Waals surface area contributed by atoms with Crippen LogP contribution in [0.5, 0.6) is 0 Å². The van der Waals surface area contributed by atoms with Crippen molar-refractivity contribution >= 4 is 17.3 Å². The smallest absolute Gasteiger partial charge is 0.339 e. The first-order valence-electron chi connectivity index (χ1n) is 6.74. The van der Waals surface area contributed by atoms with Crippen LogP contribution in [-0.4, -0.2) is 16.1 Å². The molecular weight excluding hydrogens is 252 g/mol. The summed E-state index contributed by atoms with van der Waals surface area (Å²) >= 11 is 0. The molecule has 0 spiro atoms. The van der Waals surface area contributed by atoms with Crippen molar-refractivity contribution in [2.24, 2.45) is 0 Å². The predicted molar refractivity (Wildman–Crippen MR) is 79.5 cm³/mol. The number of aromatic nitrogens is 1. The molecule has 2 aromatic rings. The number of rotatable bonds is 6. The number of carboxylic acids is 1. The second kappa shape index (κ2) is 6.70. The minimum Gasteiger partial charge on any atom is -0.478 e. The molecule has 0 fully saturated rings. The van der Waals surface area contributed by atoms with Crippen molar-refractivity contribution in [3.63, 3.8) is 0 Å². The first kappa shape index (κ1) is 14.1. The molecule has 0 saturated carbocycles. The van der Waals surface area contributed by atoms with Gasteiger partial charge in [-0.3, -0.25) is 4.98 Å². The molecule has 0 atom stereocenters. The van der Waals surface area contributed by atoms with Crippen LogP contribution in [0.4, 0.5) is 11.4 Å². The fourth-order valence-electron chi connectivity index (χ4n) is 1.97. The van der Waals surface area contributed by atoms with E-state index < -0.39 is 5.97 Å². The fraction of sp³-hybridized carbons (Fsp3) is 0.250. The second-order valence-corrected chi connectivity index (χ2v) is 4.65. The molecule has 0 aliphatic carbocycles. The van der Waals surface area contributed by atoms with Gasteiger partial charge in [-0.2, -0.15) is 0 Å². The summed E-state index contributed by atoms with van der Waals surface area (Å²) in [5, 5.41) is 12.2. The van der Waals surface area contributed by atoms with Gasteiger partial charge in [0.2, 0.25) is 0 Å². The fourth-order valence-corrected chi connectivity index (χ4v) is 1.97. The average molecular weight is 270 g/mol. The maximum absolute atomic E-state index is 11.1. The standard InChI is InChI=1S/C16H18N2O2/c1-2-3-4-12-5-7-13(8-6-12)18-15-9-10-17-11-14(15)16(19)20/h5-11H,2-4H2,1H3,(H,17,18)(H,19,20). The molecule has 20 heavy (non-hydrogen) atoms. The van der Waals surface area contributed by atoms with Crippen molar-refractivity contribution in [2.75, 3.05) is 5.32 Å². The highest BCUT2D eigenvalue weighted by atomic mass is 16.4. The lowest BCUT2D eigenvalue weighted by molar-refractivity contribution is 0.0697. The highest BCUT2D eigenvalue weighted by Gasteiger charge is 2.09. The Balaban J connectivity index is 2.12. The third-order valence-corrected chi connectivity index (χ3v) is 3.10. The number of carbonyl (C=O) groups is 1. The Kier molecular flexibility index (Phi) is 4.71. The van der Waals surface area contributed by atoms with Gasteiger partial charge < -0.3 is 10.4 Å². The van der Waals surface area contributed by atoms with Gasteiger partial charge in [0.1, 0.15) is 5.56 Å². The van der Waals surface area contributed by atoms with Crippen molar-refractivity contribution in [3.05, 3.63) is 53.9 Å². The predicted octanol–water partition coefficient (Wildman–Crippen LogP) is 3.87. The third kappa shape index (κ3) is 3.57. The molecule has 0 saturated heterocycles. The van der Waals surface area contributed by atoms with Crippen LogP contribution in [0.2, 0.25) is 0 Å². The largest absolute Gasteiger partial charge is 0.478 e. The van der Waals surface area contributed by atoms with E-state index >= 15 is 0 Å². The molecule has 0 radical (unpaired) electrons. The van der Waals surface area contributed by atoms with Gasteiger partial charge >= 0.3 is 5.97 Å². The Morgan fingerprint density at radius 1 is 1.25 bits per heavy atom. The molecule has 0 amide bonds. The Labute approximate surface area is 118 Å². The lowest BCUT2D eigenvalue weighted by Gasteiger charge is -2.09. The summed E-state index contributed by atoms with van der Waals surface area (Å²) in [6, 6.07) is 9.74. The monoisotopic (exact) mass is 270 g/mol. The maximum atomic E-state index is 11.1. The molecule has 0 bridgehead atoms. The first-order valence-corrected chi connectivity index (χ1v) is 6.74. The molecule has 1 aromatic heterocycles. The molecule has 0 aliphatic rings. The van der Waals surface area contributed by atoms with Gasteiger partial charge in [0.05, 0.1) is 5.69 Å². The van der Waals surface area contributed by atoms with E-state index in [-0.39, 0.29) is 5.56 Å². The van der Waals surface area contributed by atoms with Gasteiger partial charge in [0.15, 0.2) is 0 Å². The Hall–Kier alpha value is -2.36. The number of nitrogens with one attached hydrogen (secondary N) is 1. The maximum Gasteiger partial charge on any atom is 0.339 e. The zero-order chi connectivity index (χ0) is 14.4. The normalized spacial score (nSPS) is 10.2. The van der Waals surface area contributed by atoms with E-state index in [1.165, 1.54) is 24.6 Å². The number of aromatic carboxylic acids is 1. The Morgan fingerprint density at radius 2 is 2.00 bits per heavy atom. The van der Waals surface area contributed by atoms with Crippen molar-refractivity contribution in [2.45, 2.75) is 26.2 Å². The van der Waals surface area contributed by atoms with E-state index in [0.29, 0.717) is 5.69 Å². The SMILES string of the molecule is CCCCc1ccc(Nc2ccncc2C(=O)O)cc1. The van der Waals surface area contributed by atoms with Crippen LogP contribution in [0, 0.1) is 0 Å². The van der Waals surface area contributed by atoms with E-state index in [9.17, 15) is 4.79 Å². The molecule has 0 aliphatic heterocycles. The lowest BCUT2D eigenvalue weighted by atomic mass is 10.1. The molecule has 2 rings (SSSR count). The third-order valence-electron chi connectivity index (χ3n) is 3.10. The Morgan fingerprint density at radius 3 is 2.65 bits per heavy atom. The number of hydrogen-bond donors (Lipinski definition) is 2. The minimum absolute atomic E-state index is 0.169. The number of anilines is 2. The number of unbranched alkanes of at least 4 members (excludes halogenated alkanes) is 1. The first-order chi connectivity index (χ1) is 9.70. The number of benzene rings is 1. The molecule has 1 aromatic carbocycles. The second-order valence-electron chi connectivity index (χ2n) is 4.65. The summed E-state index contributed by atoms with van der Waals surface area (Å²) in [6.45, 7) is 2.17. The quantitative estimate of drug-likeness (QED) is 0.836. The van der Waals surface area contributed by atoms with Crippen LogP contribution in [0.1, 0.15) is 35.7 Å². The van der Waals surface area contributed by atoms with Gasteiger partial charge in [0, 0.05) is 18.1 Å².